The van der Waals surface area contributed by atoms with Crippen LogP contribution in [0.2, 0.25) is 0 Å². The van der Waals surface area contributed by atoms with Crippen molar-refractivity contribution in [1.29, 1.82) is 0 Å². The maximum atomic E-state index is 11.6. The van der Waals surface area contributed by atoms with Crippen LogP contribution in [-0.2, 0) is 14.8 Å². The number of sulfonamides is 1. The second-order valence-corrected chi connectivity index (χ2v) is 5.31. The number of rotatable bonds is 5. The number of benzene rings is 1. The van der Waals surface area contributed by atoms with Crippen LogP contribution in [-0.4, -0.2) is 32.3 Å². The molecule has 0 aliphatic carbocycles. The monoisotopic (exact) mass is 254 g/mol. The van der Waals surface area contributed by atoms with Crippen molar-refractivity contribution in [3.8, 4) is 0 Å². The molecule has 0 bridgehead atoms. The topological polar surface area (TPSA) is 77.5 Å². The predicted molar refractivity (Wildman–Crippen MR) is 62.0 cm³/mol. The highest BCUT2D eigenvalue weighted by Gasteiger charge is 2.13. The van der Waals surface area contributed by atoms with Gasteiger partial charge < -0.3 is 9.90 Å². The Hall–Kier alpha value is -1.66. The van der Waals surface area contributed by atoms with Gasteiger partial charge in [0.2, 0.25) is 10.0 Å². The summed E-state index contributed by atoms with van der Waals surface area (Å²) in [5.74, 6) is -1.44. The third-order valence-electron chi connectivity index (χ3n) is 2.02. The van der Waals surface area contributed by atoms with Crippen molar-refractivity contribution in [2.45, 2.75) is 0 Å². The number of carboxylic acids is 1. The van der Waals surface area contributed by atoms with E-state index < -0.39 is 22.5 Å². The maximum absolute atomic E-state index is 11.6. The molecule has 5 nitrogen and oxygen atoms in total. The van der Waals surface area contributed by atoms with E-state index in [4.69, 9.17) is 0 Å². The Labute approximate surface area is 100 Å². The fourth-order valence-electron chi connectivity index (χ4n) is 1.10. The van der Waals surface area contributed by atoms with Crippen molar-refractivity contribution in [1.82, 2.24) is 4.31 Å². The molecule has 0 saturated heterocycles. The second-order valence-electron chi connectivity index (χ2n) is 3.39. The molecule has 0 aliphatic heterocycles. The molecule has 0 N–H and O–H groups in total. The number of hydrogen-bond acceptors (Lipinski definition) is 4. The largest absolute Gasteiger partial charge is 0.549 e. The minimum absolute atomic E-state index is 0.665. The van der Waals surface area contributed by atoms with Gasteiger partial charge in [0.1, 0.15) is 0 Å². The maximum Gasteiger partial charge on any atom is 0.236 e. The number of hydrogen-bond donors (Lipinski definition) is 0. The standard InChI is InChI=1S/C11H13NO4S/c1-12(9-11(13)14)17(15,16)8-7-10-5-3-2-4-6-10/h2-8H,9H2,1H3,(H,13,14)/p-1/b8-7+. The molecule has 0 radical (unpaired) electrons. The van der Waals surface area contributed by atoms with Gasteiger partial charge >= 0.3 is 0 Å². The lowest BCUT2D eigenvalue weighted by Crippen LogP contribution is -2.38. The molecule has 1 rings (SSSR count). The van der Waals surface area contributed by atoms with Gasteiger partial charge in [-0.2, -0.15) is 4.31 Å². The van der Waals surface area contributed by atoms with Crippen LogP contribution in [0.4, 0.5) is 0 Å². The van der Waals surface area contributed by atoms with E-state index in [1.54, 1.807) is 24.3 Å². The highest BCUT2D eigenvalue weighted by atomic mass is 32.2. The fourth-order valence-corrected chi connectivity index (χ4v) is 1.93. The zero-order valence-electron chi connectivity index (χ0n) is 9.24. The SMILES string of the molecule is CN(CC(=O)[O-])S(=O)(=O)/C=C/c1ccccc1. The molecule has 0 amide bonds. The van der Waals surface area contributed by atoms with Crippen LogP contribution < -0.4 is 5.11 Å². The Morgan fingerprint density at radius 2 is 1.94 bits per heavy atom. The zero-order valence-corrected chi connectivity index (χ0v) is 10.1. The molecule has 17 heavy (non-hydrogen) atoms. The number of aliphatic carboxylic acids is 1. The first kappa shape index (κ1) is 13.4. The van der Waals surface area contributed by atoms with Crippen LogP contribution in [0.5, 0.6) is 0 Å². The van der Waals surface area contributed by atoms with Crippen LogP contribution in [0.25, 0.3) is 6.08 Å². The number of carbonyl (C=O) groups excluding carboxylic acids is 1. The van der Waals surface area contributed by atoms with Crippen LogP contribution in [0.1, 0.15) is 5.56 Å². The quantitative estimate of drug-likeness (QED) is 0.720. The first-order chi connectivity index (χ1) is 7.92. The first-order valence-electron chi connectivity index (χ1n) is 4.81. The van der Waals surface area contributed by atoms with Gasteiger partial charge in [-0.25, -0.2) is 8.42 Å². The molecule has 0 aromatic heterocycles. The molecule has 1 aromatic carbocycles. The molecule has 92 valence electrons. The summed E-state index contributed by atoms with van der Waals surface area (Å²) in [7, 11) is -2.54. The summed E-state index contributed by atoms with van der Waals surface area (Å²) in [6.45, 7) is -0.665. The Morgan fingerprint density at radius 1 is 1.35 bits per heavy atom. The summed E-state index contributed by atoms with van der Waals surface area (Å²) in [5, 5.41) is 11.3. The van der Waals surface area contributed by atoms with Gasteiger partial charge in [0, 0.05) is 12.5 Å². The van der Waals surface area contributed by atoms with Crippen molar-refractivity contribution >= 4 is 22.1 Å². The molecular weight excluding hydrogens is 242 g/mol. The van der Waals surface area contributed by atoms with Gasteiger partial charge in [-0.1, -0.05) is 30.3 Å². The molecule has 0 heterocycles. The summed E-state index contributed by atoms with van der Waals surface area (Å²) < 4.78 is 23.9. The molecule has 1 aromatic rings. The first-order valence-corrected chi connectivity index (χ1v) is 6.31. The van der Waals surface area contributed by atoms with E-state index in [0.29, 0.717) is 4.31 Å². The minimum atomic E-state index is -3.72. The van der Waals surface area contributed by atoms with Crippen molar-refractivity contribution in [2.75, 3.05) is 13.6 Å². The van der Waals surface area contributed by atoms with Crippen molar-refractivity contribution < 1.29 is 18.3 Å². The smallest absolute Gasteiger partial charge is 0.236 e. The van der Waals surface area contributed by atoms with Crippen molar-refractivity contribution in [2.24, 2.45) is 0 Å². The fraction of sp³-hybridized carbons (Fsp3) is 0.182. The Balaban J connectivity index is 2.80. The van der Waals surface area contributed by atoms with Gasteiger partial charge in [0.05, 0.1) is 12.5 Å². The normalized spacial score (nSPS) is 12.1. The summed E-state index contributed by atoms with van der Waals surface area (Å²) in [4.78, 5) is 10.3. The van der Waals surface area contributed by atoms with Gasteiger partial charge in [-0.15, -0.1) is 0 Å². The van der Waals surface area contributed by atoms with Crippen LogP contribution in [0, 0.1) is 0 Å². The lowest BCUT2D eigenvalue weighted by molar-refractivity contribution is -0.305. The lowest BCUT2D eigenvalue weighted by Gasteiger charge is -2.14. The second kappa shape index (κ2) is 5.60. The highest BCUT2D eigenvalue weighted by molar-refractivity contribution is 7.92. The molecule has 0 unspecified atom stereocenters. The average molecular weight is 254 g/mol. The van der Waals surface area contributed by atoms with E-state index in [-0.39, 0.29) is 0 Å². The number of likely N-dealkylation sites (N-methyl/N-ethyl adjacent to an activating group) is 1. The Bertz CT molecular complexity index is 508. The summed E-state index contributed by atoms with van der Waals surface area (Å²) in [6, 6.07) is 8.85. The third kappa shape index (κ3) is 4.38. The highest BCUT2D eigenvalue weighted by Crippen LogP contribution is 2.05. The molecule has 0 fully saturated rings. The number of carbonyl (C=O) groups is 1. The van der Waals surface area contributed by atoms with Crippen LogP contribution >= 0.6 is 0 Å². The average Bonchev–Trinajstić information content (AvgIpc) is 2.27. The van der Waals surface area contributed by atoms with E-state index in [2.05, 4.69) is 0 Å². The summed E-state index contributed by atoms with van der Waals surface area (Å²) in [5.41, 5.74) is 0.720. The van der Waals surface area contributed by atoms with E-state index in [9.17, 15) is 18.3 Å². The van der Waals surface area contributed by atoms with Gasteiger partial charge in [-0.05, 0) is 11.6 Å². The van der Waals surface area contributed by atoms with E-state index in [1.165, 1.54) is 13.1 Å². The third-order valence-corrected chi connectivity index (χ3v) is 3.50. The molecule has 0 spiro atoms. The molecule has 0 atom stereocenters. The van der Waals surface area contributed by atoms with Crippen LogP contribution in [0.15, 0.2) is 35.7 Å². The molecule has 0 saturated carbocycles. The van der Waals surface area contributed by atoms with Crippen molar-refractivity contribution in [3.63, 3.8) is 0 Å². The Kier molecular flexibility index (Phi) is 4.42. The molecular formula is C11H12NO4S-. The van der Waals surface area contributed by atoms with E-state index in [1.807, 2.05) is 6.07 Å². The zero-order chi connectivity index (χ0) is 12.9. The summed E-state index contributed by atoms with van der Waals surface area (Å²) >= 11 is 0. The van der Waals surface area contributed by atoms with Crippen LogP contribution in [0.3, 0.4) is 0 Å². The lowest BCUT2D eigenvalue weighted by atomic mass is 10.2. The van der Waals surface area contributed by atoms with Gasteiger partial charge in [0.25, 0.3) is 0 Å². The number of carboxylic acid groups (broad SMARTS) is 1. The number of nitrogens with zero attached hydrogens (tertiary/aromatic N) is 1. The van der Waals surface area contributed by atoms with E-state index >= 15 is 0 Å². The Morgan fingerprint density at radius 3 is 2.47 bits per heavy atom. The van der Waals surface area contributed by atoms with Crippen molar-refractivity contribution in [3.05, 3.63) is 41.3 Å². The molecule has 6 heteroatoms. The summed E-state index contributed by atoms with van der Waals surface area (Å²) in [6.07, 6.45) is 1.40. The minimum Gasteiger partial charge on any atom is -0.549 e. The predicted octanol–water partition coefficient (Wildman–Crippen LogP) is -0.331. The van der Waals surface area contributed by atoms with E-state index in [0.717, 1.165) is 11.0 Å². The van der Waals surface area contributed by atoms with Gasteiger partial charge in [0.15, 0.2) is 0 Å². The van der Waals surface area contributed by atoms with Gasteiger partial charge in [-0.3, -0.25) is 0 Å². The molecule has 0 aliphatic rings.